The fourth-order valence-corrected chi connectivity index (χ4v) is 2.52. The fraction of sp³-hybridized carbons (Fsp3) is 0.222. The minimum absolute atomic E-state index is 0.568. The molecule has 25 heavy (non-hydrogen) atoms. The first-order chi connectivity index (χ1) is 12.1. The summed E-state index contributed by atoms with van der Waals surface area (Å²) in [5, 5.41) is 12.1. The third-order valence-electron chi connectivity index (χ3n) is 3.90. The molecule has 3 aromatic rings. The van der Waals surface area contributed by atoms with E-state index in [2.05, 4.69) is 25.5 Å². The molecule has 7 heteroatoms. The summed E-state index contributed by atoms with van der Waals surface area (Å²) >= 11 is 6.16. The van der Waals surface area contributed by atoms with E-state index in [1.54, 1.807) is 18.6 Å². The van der Waals surface area contributed by atoms with Crippen molar-refractivity contribution in [1.29, 1.82) is 0 Å². The lowest BCUT2D eigenvalue weighted by Gasteiger charge is -2.17. The summed E-state index contributed by atoms with van der Waals surface area (Å²) in [5.74, 6) is 1.20. The number of hydrogen-bond acceptors (Lipinski definition) is 6. The Kier molecular flexibility index (Phi) is 5.40. The van der Waals surface area contributed by atoms with Crippen LogP contribution in [0.1, 0.15) is 11.1 Å². The first kappa shape index (κ1) is 17.1. The van der Waals surface area contributed by atoms with E-state index in [0.29, 0.717) is 16.8 Å². The maximum absolute atomic E-state index is 6.16. The highest BCUT2D eigenvalue weighted by molar-refractivity contribution is 6.31. The molecule has 0 aliphatic carbocycles. The minimum Gasteiger partial charge on any atom is -0.342 e. The molecule has 2 heterocycles. The summed E-state index contributed by atoms with van der Waals surface area (Å²) in [6, 6.07) is 9.72. The Balaban J connectivity index is 1.69. The van der Waals surface area contributed by atoms with Crippen LogP contribution in [0.3, 0.4) is 0 Å². The van der Waals surface area contributed by atoms with E-state index in [0.717, 1.165) is 24.2 Å². The van der Waals surface area contributed by atoms with Crippen molar-refractivity contribution in [3.63, 3.8) is 0 Å². The van der Waals surface area contributed by atoms with E-state index in [4.69, 9.17) is 11.6 Å². The van der Waals surface area contributed by atoms with Gasteiger partial charge < -0.3 is 10.2 Å². The van der Waals surface area contributed by atoms with Crippen LogP contribution in [0.4, 0.5) is 17.5 Å². The maximum atomic E-state index is 6.16. The number of anilines is 3. The second-order valence-corrected chi connectivity index (χ2v) is 6.11. The molecule has 0 atom stereocenters. The third-order valence-corrected chi connectivity index (χ3v) is 4.31. The molecule has 128 valence electrons. The number of nitrogens with zero attached hydrogens (tertiary/aromatic N) is 5. The molecule has 1 N–H and O–H groups in total. The van der Waals surface area contributed by atoms with Gasteiger partial charge in [-0.2, -0.15) is 10.1 Å². The Hall–Kier alpha value is -2.73. The molecule has 0 aliphatic rings. The molecule has 0 saturated heterocycles. The van der Waals surface area contributed by atoms with Crippen molar-refractivity contribution in [2.24, 2.45) is 0 Å². The molecule has 1 aromatic carbocycles. The molecule has 0 saturated carbocycles. The minimum atomic E-state index is 0.568. The molecule has 2 aromatic heterocycles. The van der Waals surface area contributed by atoms with E-state index >= 15 is 0 Å². The summed E-state index contributed by atoms with van der Waals surface area (Å²) in [6.45, 7) is 2.74. The molecule has 0 spiro atoms. The maximum Gasteiger partial charge on any atom is 0.247 e. The zero-order valence-corrected chi connectivity index (χ0v) is 14.9. The van der Waals surface area contributed by atoms with Crippen LogP contribution in [0.5, 0.6) is 0 Å². The summed E-state index contributed by atoms with van der Waals surface area (Å²) < 4.78 is 0. The number of hydrogen-bond donors (Lipinski definition) is 1. The smallest absolute Gasteiger partial charge is 0.247 e. The summed E-state index contributed by atoms with van der Waals surface area (Å²) in [6.07, 6.45) is 6.07. The van der Waals surface area contributed by atoms with Crippen molar-refractivity contribution < 1.29 is 0 Å². The van der Waals surface area contributed by atoms with E-state index in [1.165, 1.54) is 5.56 Å². The zero-order valence-electron chi connectivity index (χ0n) is 14.1. The summed E-state index contributed by atoms with van der Waals surface area (Å²) in [4.78, 5) is 10.5. The average molecular weight is 355 g/mol. The van der Waals surface area contributed by atoms with Crippen LogP contribution in [-0.2, 0) is 6.42 Å². The van der Waals surface area contributed by atoms with Crippen molar-refractivity contribution in [1.82, 2.24) is 20.2 Å². The molecular weight excluding hydrogens is 336 g/mol. The van der Waals surface area contributed by atoms with Crippen LogP contribution in [0.15, 0.2) is 48.9 Å². The monoisotopic (exact) mass is 354 g/mol. The SMILES string of the molecule is Cc1c(Cl)cccc1Nc1cnnc(N(C)CCc2ccncc2)n1. The molecule has 0 radical (unpaired) electrons. The molecular formula is C18H19ClN6. The predicted molar refractivity (Wildman–Crippen MR) is 101 cm³/mol. The second kappa shape index (κ2) is 7.90. The van der Waals surface area contributed by atoms with Gasteiger partial charge >= 0.3 is 0 Å². The molecule has 6 nitrogen and oxygen atoms in total. The Bertz CT molecular complexity index is 840. The first-order valence-corrected chi connectivity index (χ1v) is 8.33. The summed E-state index contributed by atoms with van der Waals surface area (Å²) in [7, 11) is 1.95. The predicted octanol–water partition coefficient (Wildman–Crippen LogP) is 3.65. The molecule has 0 amide bonds. The van der Waals surface area contributed by atoms with Crippen molar-refractivity contribution in [2.45, 2.75) is 13.3 Å². The first-order valence-electron chi connectivity index (χ1n) is 7.95. The number of halogens is 1. The van der Waals surface area contributed by atoms with Crippen LogP contribution < -0.4 is 10.2 Å². The standard InChI is InChI=1S/C18H19ClN6/c1-13-15(19)4-3-5-16(13)22-17-12-21-24-18(23-17)25(2)11-8-14-6-9-20-10-7-14/h3-7,9-10,12H,8,11H2,1-2H3,(H,22,23,24). The quantitative estimate of drug-likeness (QED) is 0.728. The molecule has 0 fully saturated rings. The number of aromatic nitrogens is 4. The van der Waals surface area contributed by atoms with Crippen LogP contribution in [-0.4, -0.2) is 33.8 Å². The lowest BCUT2D eigenvalue weighted by atomic mass is 10.2. The molecule has 0 unspecified atom stereocenters. The molecule has 3 rings (SSSR count). The highest BCUT2D eigenvalue weighted by Crippen LogP contribution is 2.25. The fourth-order valence-electron chi connectivity index (χ4n) is 2.34. The van der Waals surface area contributed by atoms with E-state index in [9.17, 15) is 0 Å². The lowest BCUT2D eigenvalue weighted by Crippen LogP contribution is -2.23. The van der Waals surface area contributed by atoms with Gasteiger partial charge in [0.15, 0.2) is 5.82 Å². The second-order valence-electron chi connectivity index (χ2n) is 5.71. The number of likely N-dealkylation sites (N-methyl/N-ethyl adjacent to an activating group) is 1. The van der Waals surface area contributed by atoms with Gasteiger partial charge in [-0.1, -0.05) is 17.7 Å². The topological polar surface area (TPSA) is 66.8 Å². The zero-order chi connectivity index (χ0) is 17.6. The molecule has 0 bridgehead atoms. The number of nitrogens with one attached hydrogen (secondary N) is 1. The highest BCUT2D eigenvalue weighted by Gasteiger charge is 2.08. The Morgan fingerprint density at radius 2 is 1.96 bits per heavy atom. The Morgan fingerprint density at radius 3 is 2.76 bits per heavy atom. The van der Waals surface area contributed by atoms with E-state index < -0.39 is 0 Å². The van der Waals surface area contributed by atoms with Crippen LogP contribution in [0.2, 0.25) is 5.02 Å². The van der Waals surface area contributed by atoms with Gasteiger partial charge in [0.05, 0.1) is 6.20 Å². The third kappa shape index (κ3) is 4.42. The van der Waals surface area contributed by atoms with Gasteiger partial charge in [-0.3, -0.25) is 4.98 Å². The highest BCUT2D eigenvalue weighted by atomic mass is 35.5. The Labute approximate surface area is 151 Å². The van der Waals surface area contributed by atoms with E-state index in [1.807, 2.05) is 49.2 Å². The van der Waals surface area contributed by atoms with Gasteiger partial charge in [0.25, 0.3) is 0 Å². The van der Waals surface area contributed by atoms with Gasteiger partial charge in [0, 0.05) is 36.7 Å². The van der Waals surface area contributed by atoms with Crippen LogP contribution in [0.25, 0.3) is 0 Å². The number of pyridine rings is 1. The largest absolute Gasteiger partial charge is 0.342 e. The lowest BCUT2D eigenvalue weighted by molar-refractivity contribution is 0.812. The van der Waals surface area contributed by atoms with Gasteiger partial charge in [-0.05, 0) is 48.7 Å². The van der Waals surface area contributed by atoms with Crippen molar-refractivity contribution in [3.8, 4) is 0 Å². The number of rotatable bonds is 6. The summed E-state index contributed by atoms with van der Waals surface area (Å²) in [5.41, 5.74) is 3.09. The average Bonchev–Trinajstić information content (AvgIpc) is 2.64. The van der Waals surface area contributed by atoms with Gasteiger partial charge in [0.1, 0.15) is 0 Å². The van der Waals surface area contributed by atoms with Crippen LogP contribution >= 0.6 is 11.6 Å². The Morgan fingerprint density at radius 1 is 1.16 bits per heavy atom. The van der Waals surface area contributed by atoms with Crippen molar-refractivity contribution in [3.05, 3.63) is 65.1 Å². The normalized spacial score (nSPS) is 10.5. The van der Waals surface area contributed by atoms with Crippen molar-refractivity contribution in [2.75, 3.05) is 23.8 Å². The molecule has 0 aliphatic heterocycles. The van der Waals surface area contributed by atoms with Crippen molar-refractivity contribution >= 4 is 29.1 Å². The van der Waals surface area contributed by atoms with Crippen LogP contribution in [0, 0.1) is 6.92 Å². The van der Waals surface area contributed by atoms with Gasteiger partial charge in [0.2, 0.25) is 5.95 Å². The van der Waals surface area contributed by atoms with Gasteiger partial charge in [-0.25, -0.2) is 0 Å². The van der Waals surface area contributed by atoms with Gasteiger partial charge in [-0.15, -0.1) is 5.10 Å². The number of benzene rings is 1. The van der Waals surface area contributed by atoms with E-state index in [-0.39, 0.29) is 0 Å².